The number of hydrogen-bond acceptors (Lipinski definition) is 4. The lowest BCUT2D eigenvalue weighted by Gasteiger charge is -2.12. The van der Waals surface area contributed by atoms with Crippen LogP contribution in [-0.4, -0.2) is 24.6 Å². The summed E-state index contributed by atoms with van der Waals surface area (Å²) in [5, 5.41) is 2.69. The standard InChI is InChI=1S/C20H21NO4/c1-3-24-18-12-10-17(11-13-18)21-20(23)15(2)25-19(22)14-9-16-7-5-4-6-8-16/h4-15H,3H2,1-2H3,(H,21,23)/b14-9+/t15-/m0/s1. The minimum Gasteiger partial charge on any atom is -0.494 e. The predicted octanol–water partition coefficient (Wildman–Crippen LogP) is 3.67. The number of benzene rings is 2. The van der Waals surface area contributed by atoms with Crippen LogP contribution in [0.15, 0.2) is 60.7 Å². The lowest BCUT2D eigenvalue weighted by molar-refractivity contribution is -0.148. The van der Waals surface area contributed by atoms with Gasteiger partial charge in [0.05, 0.1) is 6.61 Å². The van der Waals surface area contributed by atoms with Gasteiger partial charge in [0, 0.05) is 11.8 Å². The van der Waals surface area contributed by atoms with Crippen LogP contribution in [0.3, 0.4) is 0 Å². The Morgan fingerprint density at radius 2 is 1.76 bits per heavy atom. The largest absolute Gasteiger partial charge is 0.494 e. The smallest absolute Gasteiger partial charge is 0.331 e. The Morgan fingerprint density at radius 3 is 2.40 bits per heavy atom. The third-order valence-corrected chi connectivity index (χ3v) is 3.31. The second kappa shape index (κ2) is 9.27. The van der Waals surface area contributed by atoms with Crippen molar-refractivity contribution in [2.45, 2.75) is 20.0 Å². The molecule has 0 aliphatic heterocycles. The number of rotatable bonds is 7. The highest BCUT2D eigenvalue weighted by Crippen LogP contribution is 2.16. The number of hydrogen-bond donors (Lipinski definition) is 1. The van der Waals surface area contributed by atoms with Crippen molar-refractivity contribution >= 4 is 23.6 Å². The van der Waals surface area contributed by atoms with Gasteiger partial charge < -0.3 is 14.8 Å². The number of anilines is 1. The lowest BCUT2D eigenvalue weighted by atomic mass is 10.2. The summed E-state index contributed by atoms with van der Waals surface area (Å²) in [6.45, 7) is 4.01. The van der Waals surface area contributed by atoms with Crippen molar-refractivity contribution in [3.63, 3.8) is 0 Å². The van der Waals surface area contributed by atoms with E-state index < -0.39 is 18.0 Å². The molecule has 25 heavy (non-hydrogen) atoms. The van der Waals surface area contributed by atoms with E-state index >= 15 is 0 Å². The van der Waals surface area contributed by atoms with Crippen molar-refractivity contribution < 1.29 is 19.1 Å². The highest BCUT2D eigenvalue weighted by molar-refractivity contribution is 5.96. The molecule has 0 unspecified atom stereocenters. The van der Waals surface area contributed by atoms with E-state index in [0.29, 0.717) is 12.3 Å². The molecule has 1 amide bonds. The van der Waals surface area contributed by atoms with Crippen LogP contribution in [0.1, 0.15) is 19.4 Å². The van der Waals surface area contributed by atoms with Gasteiger partial charge in [-0.2, -0.15) is 0 Å². The molecule has 2 rings (SSSR count). The molecule has 0 bridgehead atoms. The van der Waals surface area contributed by atoms with Gasteiger partial charge in [0.25, 0.3) is 5.91 Å². The molecule has 0 fully saturated rings. The van der Waals surface area contributed by atoms with Crippen LogP contribution in [0.4, 0.5) is 5.69 Å². The maximum absolute atomic E-state index is 12.1. The summed E-state index contributed by atoms with van der Waals surface area (Å²) >= 11 is 0. The molecular formula is C20H21NO4. The van der Waals surface area contributed by atoms with E-state index in [0.717, 1.165) is 11.3 Å². The van der Waals surface area contributed by atoms with Crippen molar-refractivity contribution in [3.05, 3.63) is 66.2 Å². The van der Waals surface area contributed by atoms with Gasteiger partial charge in [-0.3, -0.25) is 4.79 Å². The van der Waals surface area contributed by atoms with Crippen LogP contribution in [0.5, 0.6) is 5.75 Å². The van der Waals surface area contributed by atoms with Crippen LogP contribution in [-0.2, 0) is 14.3 Å². The van der Waals surface area contributed by atoms with Gasteiger partial charge in [-0.25, -0.2) is 4.79 Å². The summed E-state index contributed by atoms with van der Waals surface area (Å²) in [7, 11) is 0. The highest BCUT2D eigenvalue weighted by Gasteiger charge is 2.16. The molecule has 0 aliphatic rings. The topological polar surface area (TPSA) is 64.6 Å². The van der Waals surface area contributed by atoms with Crippen molar-refractivity contribution in [1.82, 2.24) is 0 Å². The average Bonchev–Trinajstić information content (AvgIpc) is 2.62. The van der Waals surface area contributed by atoms with E-state index in [9.17, 15) is 9.59 Å². The first-order chi connectivity index (χ1) is 12.1. The number of carbonyl (C=O) groups excluding carboxylic acids is 2. The minimum atomic E-state index is -0.903. The molecule has 2 aromatic rings. The van der Waals surface area contributed by atoms with E-state index in [1.807, 2.05) is 37.3 Å². The minimum absolute atomic E-state index is 0.398. The average molecular weight is 339 g/mol. The molecule has 0 spiro atoms. The molecular weight excluding hydrogens is 318 g/mol. The Morgan fingerprint density at radius 1 is 1.08 bits per heavy atom. The molecule has 0 radical (unpaired) electrons. The molecule has 0 aliphatic carbocycles. The van der Waals surface area contributed by atoms with E-state index in [2.05, 4.69) is 5.32 Å². The SMILES string of the molecule is CCOc1ccc(NC(=O)[C@H](C)OC(=O)/C=C/c2ccccc2)cc1. The summed E-state index contributed by atoms with van der Waals surface area (Å²) in [5.74, 6) is -0.241. The first-order valence-electron chi connectivity index (χ1n) is 8.06. The second-order valence-electron chi connectivity index (χ2n) is 5.27. The molecule has 0 saturated carbocycles. The third kappa shape index (κ3) is 6.14. The Hall–Kier alpha value is -3.08. The van der Waals surface area contributed by atoms with Crippen molar-refractivity contribution in [1.29, 1.82) is 0 Å². The normalized spacial score (nSPS) is 11.8. The van der Waals surface area contributed by atoms with Crippen LogP contribution in [0, 0.1) is 0 Å². The van der Waals surface area contributed by atoms with Crippen molar-refractivity contribution in [3.8, 4) is 5.75 Å². The van der Waals surface area contributed by atoms with Crippen LogP contribution in [0.2, 0.25) is 0 Å². The summed E-state index contributed by atoms with van der Waals surface area (Å²) in [4.78, 5) is 23.9. The lowest BCUT2D eigenvalue weighted by Crippen LogP contribution is -2.29. The quantitative estimate of drug-likeness (QED) is 0.617. The fourth-order valence-corrected chi connectivity index (χ4v) is 2.04. The molecule has 130 valence electrons. The third-order valence-electron chi connectivity index (χ3n) is 3.31. The van der Waals surface area contributed by atoms with E-state index in [-0.39, 0.29) is 0 Å². The Bertz CT molecular complexity index is 723. The maximum atomic E-state index is 12.1. The Kier molecular flexibility index (Phi) is 6.77. The molecule has 2 aromatic carbocycles. The number of esters is 1. The monoisotopic (exact) mass is 339 g/mol. The van der Waals surface area contributed by atoms with E-state index in [4.69, 9.17) is 9.47 Å². The summed E-state index contributed by atoms with van der Waals surface area (Å²) in [5.41, 5.74) is 1.49. The molecule has 5 nitrogen and oxygen atoms in total. The first-order valence-corrected chi connectivity index (χ1v) is 8.06. The predicted molar refractivity (Wildman–Crippen MR) is 97.3 cm³/mol. The number of nitrogens with one attached hydrogen (secondary N) is 1. The molecule has 1 N–H and O–H groups in total. The van der Waals surface area contributed by atoms with Gasteiger partial charge in [0.1, 0.15) is 5.75 Å². The van der Waals surface area contributed by atoms with Crippen LogP contribution >= 0.6 is 0 Å². The number of amides is 1. The summed E-state index contributed by atoms with van der Waals surface area (Å²) in [6.07, 6.45) is 2.04. The van der Waals surface area contributed by atoms with Crippen LogP contribution in [0.25, 0.3) is 6.08 Å². The first kappa shape index (κ1) is 18.3. The Labute approximate surface area is 147 Å². The Balaban J connectivity index is 1.84. The van der Waals surface area contributed by atoms with Crippen molar-refractivity contribution in [2.24, 2.45) is 0 Å². The zero-order valence-corrected chi connectivity index (χ0v) is 14.3. The summed E-state index contributed by atoms with van der Waals surface area (Å²) < 4.78 is 10.4. The fourth-order valence-electron chi connectivity index (χ4n) is 2.04. The maximum Gasteiger partial charge on any atom is 0.331 e. The van der Waals surface area contributed by atoms with Gasteiger partial charge in [0.2, 0.25) is 0 Å². The zero-order valence-electron chi connectivity index (χ0n) is 14.3. The summed E-state index contributed by atoms with van der Waals surface area (Å²) in [6, 6.07) is 16.4. The van der Waals surface area contributed by atoms with Gasteiger partial charge in [0.15, 0.2) is 6.10 Å². The van der Waals surface area contributed by atoms with E-state index in [1.165, 1.54) is 13.0 Å². The van der Waals surface area contributed by atoms with Gasteiger partial charge in [-0.1, -0.05) is 30.3 Å². The van der Waals surface area contributed by atoms with Gasteiger partial charge in [-0.05, 0) is 49.8 Å². The number of ether oxygens (including phenoxy) is 2. The molecule has 0 saturated heterocycles. The van der Waals surface area contributed by atoms with Crippen LogP contribution < -0.4 is 10.1 Å². The zero-order chi connectivity index (χ0) is 18.1. The second-order valence-corrected chi connectivity index (χ2v) is 5.27. The van der Waals surface area contributed by atoms with Gasteiger partial charge in [-0.15, -0.1) is 0 Å². The molecule has 0 heterocycles. The molecule has 1 atom stereocenters. The molecule has 5 heteroatoms. The fraction of sp³-hybridized carbons (Fsp3) is 0.200. The van der Waals surface area contributed by atoms with E-state index in [1.54, 1.807) is 30.3 Å². The highest BCUT2D eigenvalue weighted by atomic mass is 16.5. The number of carbonyl (C=O) groups is 2. The van der Waals surface area contributed by atoms with Crippen molar-refractivity contribution in [2.75, 3.05) is 11.9 Å². The molecule has 0 aromatic heterocycles. The van der Waals surface area contributed by atoms with Gasteiger partial charge >= 0.3 is 5.97 Å².